The molecule has 5 nitrogen and oxygen atoms in total. The molecule has 0 saturated carbocycles. The summed E-state index contributed by atoms with van der Waals surface area (Å²) < 4.78 is 45.1. The first-order chi connectivity index (χ1) is 15.2. The minimum absolute atomic E-state index is 0.0261. The van der Waals surface area contributed by atoms with Crippen molar-refractivity contribution in [3.05, 3.63) is 65.5 Å². The van der Waals surface area contributed by atoms with E-state index >= 15 is 0 Å². The van der Waals surface area contributed by atoms with E-state index in [1.54, 1.807) is 0 Å². The number of benzene rings is 1. The summed E-state index contributed by atoms with van der Waals surface area (Å²) in [7, 11) is 0. The monoisotopic (exact) mass is 447 g/mol. The van der Waals surface area contributed by atoms with Crippen LogP contribution in [0.2, 0.25) is 0 Å². The van der Waals surface area contributed by atoms with Crippen LogP contribution in [0, 0.1) is 0 Å². The summed E-state index contributed by atoms with van der Waals surface area (Å²) >= 11 is 0. The van der Waals surface area contributed by atoms with Gasteiger partial charge >= 0.3 is 6.18 Å². The van der Waals surface area contributed by atoms with Crippen LogP contribution in [0.4, 0.5) is 13.2 Å². The predicted molar refractivity (Wildman–Crippen MR) is 114 cm³/mol. The van der Waals surface area contributed by atoms with Gasteiger partial charge in [-0.3, -0.25) is 9.78 Å². The second-order valence-corrected chi connectivity index (χ2v) is 8.79. The van der Waals surface area contributed by atoms with Crippen LogP contribution < -0.4 is 0 Å². The van der Waals surface area contributed by atoms with E-state index in [0.29, 0.717) is 37.3 Å². The van der Waals surface area contributed by atoms with Gasteiger partial charge < -0.3 is 14.5 Å². The van der Waals surface area contributed by atoms with Crippen molar-refractivity contribution in [2.24, 2.45) is 0 Å². The average molecular weight is 448 g/mol. The van der Waals surface area contributed by atoms with Crippen molar-refractivity contribution < 1.29 is 22.7 Å². The van der Waals surface area contributed by atoms with E-state index < -0.39 is 11.7 Å². The van der Waals surface area contributed by atoms with E-state index in [4.69, 9.17) is 4.74 Å². The Labute approximate surface area is 186 Å². The maximum Gasteiger partial charge on any atom is 0.416 e. The summed E-state index contributed by atoms with van der Waals surface area (Å²) in [5, 5.41) is 0. The summed E-state index contributed by atoms with van der Waals surface area (Å²) in [5.74, 6) is 0.0261. The van der Waals surface area contributed by atoms with Crippen LogP contribution in [-0.4, -0.2) is 65.1 Å². The highest BCUT2D eigenvalue weighted by atomic mass is 19.4. The highest BCUT2D eigenvalue weighted by Gasteiger charge is 2.43. The van der Waals surface area contributed by atoms with Crippen molar-refractivity contribution in [3.63, 3.8) is 0 Å². The lowest BCUT2D eigenvalue weighted by atomic mass is 9.88. The molecule has 1 aromatic carbocycles. The van der Waals surface area contributed by atoms with E-state index in [9.17, 15) is 18.0 Å². The summed E-state index contributed by atoms with van der Waals surface area (Å²) in [6.07, 6.45) is -1.14. The molecule has 1 aromatic heterocycles. The van der Waals surface area contributed by atoms with Gasteiger partial charge in [0.1, 0.15) is 0 Å². The number of likely N-dealkylation sites (tertiary alicyclic amines) is 1. The van der Waals surface area contributed by atoms with Gasteiger partial charge in [0.2, 0.25) is 0 Å². The molecule has 3 heterocycles. The molecular weight excluding hydrogens is 419 g/mol. The van der Waals surface area contributed by atoms with Gasteiger partial charge in [-0.1, -0.05) is 18.2 Å². The molecule has 0 bridgehead atoms. The lowest BCUT2D eigenvalue weighted by molar-refractivity contribution is -0.161. The van der Waals surface area contributed by atoms with Crippen molar-refractivity contribution in [1.29, 1.82) is 0 Å². The minimum atomic E-state index is -4.35. The van der Waals surface area contributed by atoms with Gasteiger partial charge in [0, 0.05) is 50.1 Å². The number of nitrogens with zero attached hydrogens (tertiary/aromatic N) is 3. The molecule has 1 unspecified atom stereocenters. The summed E-state index contributed by atoms with van der Waals surface area (Å²) in [6.45, 7) is 5.33. The fraction of sp³-hybridized carbons (Fsp3) is 0.500. The van der Waals surface area contributed by atoms with Crippen LogP contribution in [0.1, 0.15) is 41.4 Å². The number of carbonyl (C=O) groups is 1. The largest absolute Gasteiger partial charge is 0.416 e. The molecule has 32 heavy (non-hydrogen) atoms. The standard InChI is InChI=1S/C24H28F3N3O2/c1-18-16-30(22(31)19-5-3-2-4-6-19)17-23(32-18)9-13-29(14-10-23)12-8-21-15-20(7-11-28-21)24(25,26)27/h2-7,11,15,18H,8-10,12-14,16-17H2,1H3. The summed E-state index contributed by atoms with van der Waals surface area (Å²) in [6, 6.07) is 11.4. The van der Waals surface area contributed by atoms with Gasteiger partial charge in [-0.05, 0) is 44.0 Å². The Bertz CT molecular complexity index is 928. The number of amides is 1. The van der Waals surface area contributed by atoms with Crippen molar-refractivity contribution >= 4 is 5.91 Å². The van der Waals surface area contributed by atoms with Gasteiger partial charge in [0.25, 0.3) is 5.91 Å². The van der Waals surface area contributed by atoms with Gasteiger partial charge in [0.05, 0.1) is 23.8 Å². The molecular formula is C24H28F3N3O2. The van der Waals surface area contributed by atoms with Gasteiger partial charge in [-0.15, -0.1) is 0 Å². The number of rotatable bonds is 4. The molecule has 1 spiro atoms. The lowest BCUT2D eigenvalue weighted by Crippen LogP contribution is -2.60. The van der Waals surface area contributed by atoms with Crippen molar-refractivity contribution in [3.8, 4) is 0 Å². The van der Waals surface area contributed by atoms with Gasteiger partial charge in [0.15, 0.2) is 0 Å². The third-order valence-corrected chi connectivity index (χ3v) is 6.31. The molecule has 2 fully saturated rings. The van der Waals surface area contributed by atoms with E-state index in [1.807, 2.05) is 42.2 Å². The molecule has 2 aliphatic rings. The molecule has 0 N–H and O–H groups in total. The fourth-order valence-corrected chi connectivity index (χ4v) is 4.67. The Hall–Kier alpha value is -2.45. The van der Waals surface area contributed by atoms with E-state index in [1.165, 1.54) is 6.20 Å². The Kier molecular flexibility index (Phi) is 6.53. The Morgan fingerprint density at radius 2 is 1.91 bits per heavy atom. The predicted octanol–water partition coefficient (Wildman–Crippen LogP) is 4.04. The number of hydrogen-bond acceptors (Lipinski definition) is 4. The summed E-state index contributed by atoms with van der Waals surface area (Å²) in [5.41, 5.74) is 0.102. The zero-order chi connectivity index (χ0) is 22.8. The molecule has 4 rings (SSSR count). The molecule has 1 atom stereocenters. The van der Waals surface area contributed by atoms with Crippen LogP contribution in [0.25, 0.3) is 0 Å². The molecule has 2 aliphatic heterocycles. The fourth-order valence-electron chi connectivity index (χ4n) is 4.67. The molecule has 8 heteroatoms. The van der Waals surface area contributed by atoms with Crippen molar-refractivity contribution in [2.45, 2.75) is 44.1 Å². The zero-order valence-corrected chi connectivity index (χ0v) is 18.1. The van der Waals surface area contributed by atoms with Gasteiger partial charge in [-0.2, -0.15) is 13.2 Å². The first kappa shape index (κ1) is 22.7. The number of ether oxygens (including phenoxy) is 1. The van der Waals surface area contributed by atoms with Crippen LogP contribution in [-0.2, 0) is 17.3 Å². The quantitative estimate of drug-likeness (QED) is 0.710. The number of piperidine rings is 1. The van der Waals surface area contributed by atoms with Crippen molar-refractivity contribution in [1.82, 2.24) is 14.8 Å². The smallest absolute Gasteiger partial charge is 0.368 e. The van der Waals surface area contributed by atoms with Crippen LogP contribution in [0.5, 0.6) is 0 Å². The van der Waals surface area contributed by atoms with E-state index in [0.717, 1.165) is 38.1 Å². The number of pyridine rings is 1. The number of hydrogen-bond donors (Lipinski definition) is 0. The SMILES string of the molecule is CC1CN(C(=O)c2ccccc2)CC2(CCN(CCc3cc(C(F)(F)F)ccn3)CC2)O1. The van der Waals surface area contributed by atoms with Gasteiger partial charge in [-0.25, -0.2) is 0 Å². The molecule has 0 radical (unpaired) electrons. The summed E-state index contributed by atoms with van der Waals surface area (Å²) in [4.78, 5) is 21.2. The maximum absolute atomic E-state index is 13.0. The lowest BCUT2D eigenvalue weighted by Gasteiger charge is -2.49. The topological polar surface area (TPSA) is 45.7 Å². The average Bonchev–Trinajstić information content (AvgIpc) is 2.78. The highest BCUT2D eigenvalue weighted by Crippen LogP contribution is 2.33. The number of carbonyl (C=O) groups excluding carboxylic acids is 1. The van der Waals surface area contributed by atoms with Crippen LogP contribution >= 0.6 is 0 Å². The number of morpholine rings is 1. The number of alkyl halides is 3. The first-order valence-corrected chi connectivity index (χ1v) is 11.0. The van der Waals surface area contributed by atoms with Crippen LogP contribution in [0.15, 0.2) is 48.7 Å². The number of aromatic nitrogens is 1. The molecule has 1 amide bonds. The van der Waals surface area contributed by atoms with E-state index in [2.05, 4.69) is 9.88 Å². The molecule has 172 valence electrons. The molecule has 0 aliphatic carbocycles. The van der Waals surface area contributed by atoms with E-state index in [-0.39, 0.29) is 17.6 Å². The van der Waals surface area contributed by atoms with Crippen LogP contribution in [0.3, 0.4) is 0 Å². The second kappa shape index (κ2) is 9.19. The zero-order valence-electron chi connectivity index (χ0n) is 18.1. The second-order valence-electron chi connectivity index (χ2n) is 8.79. The third-order valence-electron chi connectivity index (χ3n) is 6.31. The highest BCUT2D eigenvalue weighted by molar-refractivity contribution is 5.94. The third kappa shape index (κ3) is 5.30. The molecule has 2 aromatic rings. The normalized spacial score (nSPS) is 21.6. The molecule has 2 saturated heterocycles. The first-order valence-electron chi connectivity index (χ1n) is 11.0. The number of halogens is 3. The maximum atomic E-state index is 13.0. The Balaban J connectivity index is 1.33. The van der Waals surface area contributed by atoms with Crippen molar-refractivity contribution in [2.75, 3.05) is 32.7 Å². The Morgan fingerprint density at radius 3 is 2.59 bits per heavy atom. The minimum Gasteiger partial charge on any atom is -0.368 e. The Morgan fingerprint density at radius 1 is 1.19 bits per heavy atom.